The number of nitrogens with two attached hydrogens (primary N) is 1. The molecule has 0 aromatic heterocycles. The molecule has 1 fully saturated rings. The van der Waals surface area contributed by atoms with Crippen molar-refractivity contribution in [3.05, 3.63) is 24.3 Å². The lowest BCUT2D eigenvalue weighted by atomic mass is 9.85. The Kier molecular flexibility index (Phi) is 4.96. The highest BCUT2D eigenvalue weighted by molar-refractivity contribution is 5.97. The van der Waals surface area contributed by atoms with E-state index in [2.05, 4.69) is 10.6 Å². The normalized spacial score (nSPS) is 16.5. The fourth-order valence-corrected chi connectivity index (χ4v) is 2.76. The van der Waals surface area contributed by atoms with Crippen molar-refractivity contribution in [3.8, 4) is 0 Å². The van der Waals surface area contributed by atoms with Gasteiger partial charge in [0.2, 0.25) is 11.8 Å². The first-order valence-corrected chi connectivity index (χ1v) is 7.51. The third kappa shape index (κ3) is 3.61. The third-order valence-electron chi connectivity index (χ3n) is 4.16. The van der Waals surface area contributed by atoms with Crippen LogP contribution in [-0.4, -0.2) is 18.4 Å². The van der Waals surface area contributed by atoms with Crippen molar-refractivity contribution in [2.75, 3.05) is 17.2 Å². The van der Waals surface area contributed by atoms with Crippen molar-refractivity contribution in [2.24, 2.45) is 11.1 Å². The Morgan fingerprint density at radius 3 is 2.38 bits per heavy atom. The van der Waals surface area contributed by atoms with Crippen molar-refractivity contribution in [1.82, 2.24) is 0 Å². The van der Waals surface area contributed by atoms with Gasteiger partial charge < -0.3 is 16.4 Å². The smallest absolute Gasteiger partial charge is 0.231 e. The molecule has 5 nitrogen and oxygen atoms in total. The summed E-state index contributed by atoms with van der Waals surface area (Å²) >= 11 is 0. The number of rotatable bonds is 5. The molecular formula is C16H23N3O2. The van der Waals surface area contributed by atoms with Crippen molar-refractivity contribution < 1.29 is 9.59 Å². The van der Waals surface area contributed by atoms with E-state index in [4.69, 9.17) is 5.73 Å². The summed E-state index contributed by atoms with van der Waals surface area (Å²) in [4.78, 5) is 23.9. The summed E-state index contributed by atoms with van der Waals surface area (Å²) in [5.41, 5.74) is 6.77. The van der Waals surface area contributed by atoms with Gasteiger partial charge in [-0.05, 0) is 31.0 Å². The van der Waals surface area contributed by atoms with Crippen LogP contribution >= 0.6 is 0 Å². The van der Waals surface area contributed by atoms with E-state index in [1.54, 1.807) is 19.1 Å². The van der Waals surface area contributed by atoms with E-state index >= 15 is 0 Å². The molecule has 1 aromatic carbocycles. The maximum atomic E-state index is 12.5. The molecule has 2 amide bonds. The van der Waals surface area contributed by atoms with E-state index in [9.17, 15) is 9.59 Å². The molecule has 1 aliphatic rings. The number of hydrogen-bond acceptors (Lipinski definition) is 3. The van der Waals surface area contributed by atoms with Crippen LogP contribution in [0.1, 0.15) is 39.0 Å². The summed E-state index contributed by atoms with van der Waals surface area (Å²) < 4.78 is 0. The van der Waals surface area contributed by atoms with E-state index < -0.39 is 5.41 Å². The van der Waals surface area contributed by atoms with Gasteiger partial charge in [-0.25, -0.2) is 0 Å². The molecule has 4 N–H and O–H groups in total. The van der Waals surface area contributed by atoms with Crippen molar-refractivity contribution in [2.45, 2.75) is 39.0 Å². The van der Waals surface area contributed by atoms with Crippen LogP contribution in [0.15, 0.2) is 24.3 Å². The molecule has 114 valence electrons. The Morgan fingerprint density at radius 1 is 1.19 bits per heavy atom. The van der Waals surface area contributed by atoms with E-state index in [1.165, 1.54) is 0 Å². The molecular weight excluding hydrogens is 266 g/mol. The summed E-state index contributed by atoms with van der Waals surface area (Å²) in [5.74, 6) is -0.0610. The average molecular weight is 289 g/mol. The SMILES string of the molecule is CCC(=O)Nc1cccc(NC(=O)C2(CN)CCCC2)c1. The van der Waals surface area contributed by atoms with Gasteiger partial charge in [-0.15, -0.1) is 0 Å². The number of carbonyl (C=O) groups excluding carboxylic acids is 2. The van der Waals surface area contributed by atoms with Gasteiger partial charge in [0.15, 0.2) is 0 Å². The molecule has 1 saturated carbocycles. The molecule has 0 radical (unpaired) electrons. The van der Waals surface area contributed by atoms with E-state index in [1.807, 2.05) is 12.1 Å². The van der Waals surface area contributed by atoms with Crippen LogP contribution in [-0.2, 0) is 9.59 Å². The zero-order valence-corrected chi connectivity index (χ0v) is 12.4. The lowest BCUT2D eigenvalue weighted by Crippen LogP contribution is -2.40. The van der Waals surface area contributed by atoms with E-state index in [-0.39, 0.29) is 11.8 Å². The first-order chi connectivity index (χ1) is 10.1. The van der Waals surface area contributed by atoms with Gasteiger partial charge in [0.25, 0.3) is 0 Å². The first-order valence-electron chi connectivity index (χ1n) is 7.51. The van der Waals surface area contributed by atoms with Gasteiger partial charge >= 0.3 is 0 Å². The highest BCUT2D eigenvalue weighted by Crippen LogP contribution is 2.38. The molecule has 0 unspecified atom stereocenters. The minimum Gasteiger partial charge on any atom is -0.329 e. The van der Waals surface area contributed by atoms with Crippen molar-refractivity contribution >= 4 is 23.2 Å². The van der Waals surface area contributed by atoms with E-state index in [0.29, 0.717) is 24.3 Å². The average Bonchev–Trinajstić information content (AvgIpc) is 2.97. The van der Waals surface area contributed by atoms with Gasteiger partial charge in [0.05, 0.1) is 5.41 Å². The second-order valence-electron chi connectivity index (χ2n) is 5.63. The van der Waals surface area contributed by atoms with Gasteiger partial charge in [0.1, 0.15) is 0 Å². The zero-order chi connectivity index (χ0) is 15.3. The quantitative estimate of drug-likeness (QED) is 0.778. The zero-order valence-electron chi connectivity index (χ0n) is 12.4. The molecule has 5 heteroatoms. The molecule has 21 heavy (non-hydrogen) atoms. The molecule has 0 spiro atoms. The summed E-state index contributed by atoms with van der Waals surface area (Å²) in [6, 6.07) is 7.20. The molecule has 0 bridgehead atoms. The number of benzene rings is 1. The summed E-state index contributed by atoms with van der Waals surface area (Å²) in [6.07, 6.45) is 4.23. The standard InChI is InChI=1S/C16H23N3O2/c1-2-14(20)18-12-6-5-7-13(10-12)19-15(21)16(11-17)8-3-4-9-16/h5-7,10H,2-4,8-9,11,17H2,1H3,(H,18,20)(H,19,21). The molecule has 0 atom stereocenters. The molecule has 2 rings (SSSR count). The van der Waals surface area contributed by atoms with Crippen LogP contribution in [0.4, 0.5) is 11.4 Å². The topological polar surface area (TPSA) is 84.2 Å². The fourth-order valence-electron chi connectivity index (χ4n) is 2.76. The highest BCUT2D eigenvalue weighted by Gasteiger charge is 2.39. The third-order valence-corrected chi connectivity index (χ3v) is 4.16. The maximum absolute atomic E-state index is 12.5. The van der Waals surface area contributed by atoms with Crippen molar-refractivity contribution in [3.63, 3.8) is 0 Å². The number of hydrogen-bond donors (Lipinski definition) is 3. The Balaban J connectivity index is 2.07. The van der Waals surface area contributed by atoms with Gasteiger partial charge in [0, 0.05) is 24.3 Å². The summed E-state index contributed by atoms with van der Waals surface area (Å²) in [5, 5.41) is 5.72. The molecule has 1 aromatic rings. The van der Waals surface area contributed by atoms with Gasteiger partial charge in [-0.3, -0.25) is 9.59 Å². The minimum absolute atomic E-state index is 0.0125. The van der Waals surface area contributed by atoms with Crippen LogP contribution in [0.3, 0.4) is 0 Å². The minimum atomic E-state index is -0.428. The van der Waals surface area contributed by atoms with Crippen molar-refractivity contribution in [1.29, 1.82) is 0 Å². The van der Waals surface area contributed by atoms with Crippen LogP contribution in [0.2, 0.25) is 0 Å². The largest absolute Gasteiger partial charge is 0.329 e. The van der Waals surface area contributed by atoms with Crippen LogP contribution < -0.4 is 16.4 Å². The lowest BCUT2D eigenvalue weighted by Gasteiger charge is -2.25. The molecule has 0 saturated heterocycles. The van der Waals surface area contributed by atoms with E-state index in [0.717, 1.165) is 25.7 Å². The number of carbonyl (C=O) groups is 2. The first kappa shape index (κ1) is 15.5. The second kappa shape index (κ2) is 6.72. The second-order valence-corrected chi connectivity index (χ2v) is 5.63. The monoisotopic (exact) mass is 289 g/mol. The Bertz CT molecular complexity index is 522. The predicted octanol–water partition coefficient (Wildman–Crippen LogP) is 2.49. The lowest BCUT2D eigenvalue weighted by molar-refractivity contribution is -0.124. The number of nitrogens with one attached hydrogen (secondary N) is 2. The van der Waals surface area contributed by atoms with Gasteiger partial charge in [-0.2, -0.15) is 0 Å². The van der Waals surface area contributed by atoms with Gasteiger partial charge in [-0.1, -0.05) is 25.8 Å². The van der Waals surface area contributed by atoms with Crippen LogP contribution in [0.5, 0.6) is 0 Å². The van der Waals surface area contributed by atoms with Crippen LogP contribution in [0.25, 0.3) is 0 Å². The number of amides is 2. The maximum Gasteiger partial charge on any atom is 0.231 e. The predicted molar refractivity (Wildman–Crippen MR) is 83.9 cm³/mol. The molecule has 0 aliphatic heterocycles. The molecule has 0 heterocycles. The summed E-state index contributed by atoms with van der Waals surface area (Å²) in [7, 11) is 0. The Morgan fingerprint density at radius 2 is 1.81 bits per heavy atom. The highest BCUT2D eigenvalue weighted by atomic mass is 16.2. The fraction of sp³-hybridized carbons (Fsp3) is 0.500. The summed E-state index contributed by atoms with van der Waals surface area (Å²) in [6.45, 7) is 2.18. The Labute approximate surface area is 125 Å². The molecule has 1 aliphatic carbocycles. The van der Waals surface area contributed by atoms with Crippen LogP contribution in [0, 0.1) is 5.41 Å². The Hall–Kier alpha value is -1.88. The number of anilines is 2.